The number of piperidine rings is 1. The summed E-state index contributed by atoms with van der Waals surface area (Å²) in [6.45, 7) is 3.45. The standard InChI is InChI=1S/C24H25N/c1-3-8-20(9-4-1)18-25-17-7-12-24(19-25)23-15-13-22(14-16-23)21-10-5-2-6-11-21/h1-6,8-11,13-16,24H,7,12,17-19H2. The molecule has 1 heterocycles. The summed E-state index contributed by atoms with van der Waals surface area (Å²) in [4.78, 5) is 2.61. The molecule has 0 spiro atoms. The van der Waals surface area contributed by atoms with Crippen LogP contribution in [0.4, 0.5) is 0 Å². The fourth-order valence-electron chi connectivity index (χ4n) is 3.89. The number of rotatable bonds is 4. The van der Waals surface area contributed by atoms with Crippen molar-refractivity contribution in [3.8, 4) is 11.1 Å². The average Bonchev–Trinajstić information content (AvgIpc) is 2.70. The van der Waals surface area contributed by atoms with E-state index in [1.54, 1.807) is 0 Å². The summed E-state index contributed by atoms with van der Waals surface area (Å²) >= 11 is 0. The topological polar surface area (TPSA) is 3.24 Å². The monoisotopic (exact) mass is 327 g/mol. The Morgan fingerprint density at radius 1 is 0.720 bits per heavy atom. The normalized spacial score (nSPS) is 18.2. The van der Waals surface area contributed by atoms with Crippen molar-refractivity contribution in [2.45, 2.75) is 25.3 Å². The predicted octanol–water partition coefficient (Wildman–Crippen LogP) is 5.73. The van der Waals surface area contributed by atoms with Gasteiger partial charge in [-0.2, -0.15) is 0 Å². The maximum absolute atomic E-state index is 2.61. The first-order chi connectivity index (χ1) is 12.4. The molecule has 1 aliphatic heterocycles. The largest absolute Gasteiger partial charge is 0.298 e. The first-order valence-corrected chi connectivity index (χ1v) is 9.30. The maximum atomic E-state index is 2.61. The van der Waals surface area contributed by atoms with E-state index in [-0.39, 0.29) is 0 Å². The van der Waals surface area contributed by atoms with Crippen LogP contribution in [0.25, 0.3) is 11.1 Å². The van der Waals surface area contributed by atoms with Crippen LogP contribution in [0, 0.1) is 0 Å². The Morgan fingerprint density at radius 2 is 1.36 bits per heavy atom. The molecule has 0 N–H and O–H groups in total. The zero-order chi connectivity index (χ0) is 16.9. The van der Waals surface area contributed by atoms with Crippen LogP contribution < -0.4 is 0 Å². The highest BCUT2D eigenvalue weighted by Gasteiger charge is 2.21. The lowest BCUT2D eigenvalue weighted by atomic mass is 9.89. The number of nitrogens with zero attached hydrogens (tertiary/aromatic N) is 1. The van der Waals surface area contributed by atoms with Crippen molar-refractivity contribution in [3.05, 3.63) is 96.1 Å². The Morgan fingerprint density at radius 3 is 2.08 bits per heavy atom. The molecule has 1 heteroatoms. The summed E-state index contributed by atoms with van der Waals surface area (Å²) in [5, 5.41) is 0. The fraction of sp³-hybridized carbons (Fsp3) is 0.250. The van der Waals surface area contributed by atoms with E-state index in [1.165, 1.54) is 48.2 Å². The molecule has 1 nitrogen and oxygen atoms in total. The van der Waals surface area contributed by atoms with E-state index in [0.29, 0.717) is 5.92 Å². The number of hydrogen-bond acceptors (Lipinski definition) is 1. The molecule has 0 radical (unpaired) electrons. The van der Waals surface area contributed by atoms with Gasteiger partial charge >= 0.3 is 0 Å². The smallest absolute Gasteiger partial charge is 0.0233 e. The molecule has 25 heavy (non-hydrogen) atoms. The molecule has 3 aromatic carbocycles. The third-order valence-electron chi connectivity index (χ3n) is 5.24. The van der Waals surface area contributed by atoms with Crippen LogP contribution in [0.1, 0.15) is 29.9 Å². The zero-order valence-electron chi connectivity index (χ0n) is 14.6. The van der Waals surface area contributed by atoms with Crippen molar-refractivity contribution in [1.29, 1.82) is 0 Å². The molecule has 0 aromatic heterocycles. The molecule has 0 amide bonds. The van der Waals surface area contributed by atoms with Gasteiger partial charge in [0.2, 0.25) is 0 Å². The first kappa shape index (κ1) is 16.1. The Hall–Kier alpha value is -2.38. The van der Waals surface area contributed by atoms with Gasteiger partial charge in [-0.3, -0.25) is 4.90 Å². The second-order valence-electron chi connectivity index (χ2n) is 7.05. The maximum Gasteiger partial charge on any atom is 0.0233 e. The molecule has 1 unspecified atom stereocenters. The van der Waals surface area contributed by atoms with Crippen LogP contribution in [0.2, 0.25) is 0 Å². The minimum atomic E-state index is 0.655. The van der Waals surface area contributed by atoms with Crippen molar-refractivity contribution in [3.63, 3.8) is 0 Å². The van der Waals surface area contributed by atoms with E-state index in [1.807, 2.05) is 0 Å². The van der Waals surface area contributed by atoms with Crippen molar-refractivity contribution >= 4 is 0 Å². The van der Waals surface area contributed by atoms with Gasteiger partial charge in [0.25, 0.3) is 0 Å². The summed E-state index contributed by atoms with van der Waals surface area (Å²) in [7, 11) is 0. The van der Waals surface area contributed by atoms with E-state index in [2.05, 4.69) is 89.8 Å². The van der Waals surface area contributed by atoms with Gasteiger partial charge < -0.3 is 0 Å². The number of benzene rings is 3. The highest BCUT2D eigenvalue weighted by molar-refractivity contribution is 5.63. The van der Waals surface area contributed by atoms with E-state index < -0.39 is 0 Å². The van der Waals surface area contributed by atoms with Crippen molar-refractivity contribution < 1.29 is 0 Å². The third-order valence-corrected chi connectivity index (χ3v) is 5.24. The lowest BCUT2D eigenvalue weighted by Gasteiger charge is -2.33. The molecule has 3 aromatic rings. The van der Waals surface area contributed by atoms with Crippen LogP contribution in [0.3, 0.4) is 0 Å². The summed E-state index contributed by atoms with van der Waals surface area (Å²) in [5.41, 5.74) is 5.50. The third kappa shape index (κ3) is 4.00. The van der Waals surface area contributed by atoms with Gasteiger partial charge in [-0.1, -0.05) is 84.9 Å². The number of hydrogen-bond donors (Lipinski definition) is 0. The Labute approximate surface area is 150 Å². The van der Waals surface area contributed by atoms with Crippen LogP contribution in [0.15, 0.2) is 84.9 Å². The van der Waals surface area contributed by atoms with Gasteiger partial charge in [0.1, 0.15) is 0 Å². The molecular formula is C24H25N. The fourth-order valence-corrected chi connectivity index (χ4v) is 3.89. The van der Waals surface area contributed by atoms with E-state index in [0.717, 1.165) is 6.54 Å². The zero-order valence-corrected chi connectivity index (χ0v) is 14.6. The Balaban J connectivity index is 1.44. The molecule has 1 saturated heterocycles. The quantitative estimate of drug-likeness (QED) is 0.591. The molecular weight excluding hydrogens is 302 g/mol. The summed E-state index contributed by atoms with van der Waals surface area (Å²) in [5.74, 6) is 0.655. The highest BCUT2D eigenvalue weighted by Crippen LogP contribution is 2.29. The molecule has 0 saturated carbocycles. The van der Waals surface area contributed by atoms with Crippen molar-refractivity contribution in [2.24, 2.45) is 0 Å². The van der Waals surface area contributed by atoms with E-state index >= 15 is 0 Å². The van der Waals surface area contributed by atoms with Gasteiger partial charge in [0.05, 0.1) is 0 Å². The summed E-state index contributed by atoms with van der Waals surface area (Å²) < 4.78 is 0. The summed E-state index contributed by atoms with van der Waals surface area (Å²) in [6, 6.07) is 30.7. The second kappa shape index (κ2) is 7.67. The van der Waals surface area contributed by atoms with E-state index in [4.69, 9.17) is 0 Å². The van der Waals surface area contributed by atoms with Gasteiger partial charge in [0.15, 0.2) is 0 Å². The average molecular weight is 327 g/mol. The molecule has 1 aliphatic rings. The van der Waals surface area contributed by atoms with Crippen LogP contribution in [0.5, 0.6) is 0 Å². The van der Waals surface area contributed by atoms with Crippen LogP contribution in [-0.4, -0.2) is 18.0 Å². The molecule has 0 bridgehead atoms. The van der Waals surface area contributed by atoms with Gasteiger partial charge in [-0.25, -0.2) is 0 Å². The van der Waals surface area contributed by atoms with Crippen LogP contribution >= 0.6 is 0 Å². The van der Waals surface area contributed by atoms with Crippen molar-refractivity contribution in [1.82, 2.24) is 4.90 Å². The Bertz CT molecular complexity index is 777. The Kier molecular flexibility index (Phi) is 4.94. The van der Waals surface area contributed by atoms with Crippen molar-refractivity contribution in [2.75, 3.05) is 13.1 Å². The van der Waals surface area contributed by atoms with Crippen LogP contribution in [-0.2, 0) is 6.54 Å². The lowest BCUT2D eigenvalue weighted by Crippen LogP contribution is -2.33. The predicted molar refractivity (Wildman–Crippen MR) is 106 cm³/mol. The highest BCUT2D eigenvalue weighted by atomic mass is 15.1. The van der Waals surface area contributed by atoms with Gasteiger partial charge in [-0.05, 0) is 47.6 Å². The molecule has 4 rings (SSSR count). The minimum absolute atomic E-state index is 0.655. The molecule has 1 fully saturated rings. The lowest BCUT2D eigenvalue weighted by molar-refractivity contribution is 0.200. The first-order valence-electron chi connectivity index (χ1n) is 9.30. The second-order valence-corrected chi connectivity index (χ2v) is 7.05. The van der Waals surface area contributed by atoms with Gasteiger partial charge in [0, 0.05) is 13.1 Å². The van der Waals surface area contributed by atoms with E-state index in [9.17, 15) is 0 Å². The molecule has 0 aliphatic carbocycles. The van der Waals surface area contributed by atoms with Gasteiger partial charge in [-0.15, -0.1) is 0 Å². The minimum Gasteiger partial charge on any atom is -0.298 e. The molecule has 126 valence electrons. The number of likely N-dealkylation sites (tertiary alicyclic amines) is 1. The summed E-state index contributed by atoms with van der Waals surface area (Å²) in [6.07, 6.45) is 2.59. The SMILES string of the molecule is c1ccc(CN2CCCC(c3ccc(-c4ccccc4)cc3)C2)cc1. The molecule has 1 atom stereocenters.